The molecule has 3 rings (SSSR count). The van der Waals surface area contributed by atoms with Gasteiger partial charge in [0.1, 0.15) is 0 Å². The second-order valence-electron chi connectivity index (χ2n) is 5.52. The predicted octanol–water partition coefficient (Wildman–Crippen LogP) is 2.17. The Labute approximate surface area is 139 Å². The van der Waals surface area contributed by atoms with Gasteiger partial charge in [-0.1, -0.05) is 0 Å². The second-order valence-corrected chi connectivity index (χ2v) is 8.24. The van der Waals surface area contributed by atoms with E-state index >= 15 is 0 Å². The molecule has 0 spiro atoms. The molecule has 1 unspecified atom stereocenters. The van der Waals surface area contributed by atoms with Crippen molar-refractivity contribution in [3.63, 3.8) is 0 Å². The molecule has 1 aliphatic rings. The summed E-state index contributed by atoms with van der Waals surface area (Å²) in [5.74, 6) is 0.104. The van der Waals surface area contributed by atoms with E-state index in [0.29, 0.717) is 24.5 Å². The molecular weight excluding hydrogens is 336 g/mol. The van der Waals surface area contributed by atoms with E-state index in [4.69, 9.17) is 4.42 Å². The fraction of sp³-hybridized carbons (Fsp3) is 0.400. The number of thiophene rings is 1. The van der Waals surface area contributed by atoms with E-state index in [9.17, 15) is 13.2 Å². The number of furan rings is 1. The van der Waals surface area contributed by atoms with Crippen LogP contribution in [0.4, 0.5) is 0 Å². The monoisotopic (exact) mass is 354 g/mol. The number of nitrogens with one attached hydrogen (secondary N) is 1. The molecule has 2 aromatic rings. The van der Waals surface area contributed by atoms with Gasteiger partial charge in [0.15, 0.2) is 5.76 Å². The molecule has 0 aliphatic carbocycles. The summed E-state index contributed by atoms with van der Waals surface area (Å²) in [5, 5.41) is 6.22. The maximum absolute atomic E-state index is 12.5. The third-order valence-electron chi connectivity index (χ3n) is 3.91. The summed E-state index contributed by atoms with van der Waals surface area (Å²) in [4.78, 5) is 12.2. The molecule has 1 N–H and O–H groups in total. The lowest BCUT2D eigenvalue weighted by atomic mass is 10.00. The van der Waals surface area contributed by atoms with Crippen LogP contribution in [-0.4, -0.2) is 38.3 Å². The highest BCUT2D eigenvalue weighted by Crippen LogP contribution is 2.24. The summed E-state index contributed by atoms with van der Waals surface area (Å²) in [6, 6.07) is 4.89. The molecule has 1 atom stereocenters. The molecule has 6 nitrogen and oxygen atoms in total. The van der Waals surface area contributed by atoms with E-state index in [0.717, 1.165) is 12.8 Å². The number of piperidine rings is 1. The molecule has 3 heterocycles. The van der Waals surface area contributed by atoms with Gasteiger partial charge in [-0.3, -0.25) is 4.79 Å². The van der Waals surface area contributed by atoms with Gasteiger partial charge >= 0.3 is 0 Å². The summed E-state index contributed by atoms with van der Waals surface area (Å²) in [5.41, 5.74) is 0. The molecular formula is C15H18N2O4S2. The van der Waals surface area contributed by atoms with Crippen LogP contribution in [0, 0.1) is 5.92 Å². The van der Waals surface area contributed by atoms with Crippen molar-refractivity contribution in [2.75, 3.05) is 19.6 Å². The number of hydrogen-bond donors (Lipinski definition) is 1. The van der Waals surface area contributed by atoms with Gasteiger partial charge < -0.3 is 9.73 Å². The minimum absolute atomic E-state index is 0.107. The van der Waals surface area contributed by atoms with Gasteiger partial charge in [-0.15, -0.1) is 0 Å². The Morgan fingerprint density at radius 2 is 2.30 bits per heavy atom. The SMILES string of the molecule is O=C(NCC1CCCN(S(=O)(=O)c2ccsc2)C1)c1ccco1. The Kier molecular flexibility index (Phi) is 4.84. The van der Waals surface area contributed by atoms with Crippen LogP contribution in [-0.2, 0) is 10.0 Å². The zero-order chi connectivity index (χ0) is 16.3. The third-order valence-corrected chi connectivity index (χ3v) is 6.60. The molecule has 0 saturated carbocycles. The van der Waals surface area contributed by atoms with E-state index in [1.165, 1.54) is 21.9 Å². The first kappa shape index (κ1) is 16.2. The van der Waals surface area contributed by atoms with Crippen molar-refractivity contribution in [2.45, 2.75) is 17.7 Å². The van der Waals surface area contributed by atoms with Crippen LogP contribution < -0.4 is 5.32 Å². The van der Waals surface area contributed by atoms with Crippen molar-refractivity contribution in [2.24, 2.45) is 5.92 Å². The first-order chi connectivity index (χ1) is 11.1. The topological polar surface area (TPSA) is 79.6 Å². The highest BCUT2D eigenvalue weighted by Gasteiger charge is 2.30. The van der Waals surface area contributed by atoms with Crippen molar-refractivity contribution < 1.29 is 17.6 Å². The minimum atomic E-state index is -3.42. The molecule has 2 aromatic heterocycles. The molecule has 0 bridgehead atoms. The lowest BCUT2D eigenvalue weighted by Crippen LogP contribution is -2.43. The molecule has 124 valence electrons. The van der Waals surface area contributed by atoms with Crippen LogP contribution in [0.25, 0.3) is 0 Å². The van der Waals surface area contributed by atoms with Gasteiger partial charge in [-0.2, -0.15) is 15.6 Å². The van der Waals surface area contributed by atoms with Gasteiger partial charge in [0.2, 0.25) is 10.0 Å². The Morgan fingerprint density at radius 1 is 1.43 bits per heavy atom. The molecule has 1 amide bonds. The Bertz CT molecular complexity index is 739. The normalized spacial score (nSPS) is 19.6. The maximum Gasteiger partial charge on any atom is 0.286 e. The average molecular weight is 354 g/mol. The fourth-order valence-corrected chi connectivity index (χ4v) is 5.26. The average Bonchev–Trinajstić information content (AvgIpc) is 3.25. The predicted molar refractivity (Wildman–Crippen MR) is 86.8 cm³/mol. The van der Waals surface area contributed by atoms with Gasteiger partial charge in [-0.25, -0.2) is 8.42 Å². The molecule has 1 saturated heterocycles. The van der Waals surface area contributed by atoms with E-state index < -0.39 is 10.0 Å². The van der Waals surface area contributed by atoms with Crippen LogP contribution >= 0.6 is 11.3 Å². The maximum atomic E-state index is 12.5. The van der Waals surface area contributed by atoms with Crippen molar-refractivity contribution in [1.82, 2.24) is 9.62 Å². The summed E-state index contributed by atoms with van der Waals surface area (Å²) in [6.07, 6.45) is 3.14. The minimum Gasteiger partial charge on any atom is -0.459 e. The highest BCUT2D eigenvalue weighted by molar-refractivity contribution is 7.89. The number of rotatable bonds is 5. The van der Waals surface area contributed by atoms with Gasteiger partial charge in [0.05, 0.1) is 11.2 Å². The Hall–Kier alpha value is -1.64. The van der Waals surface area contributed by atoms with Gasteiger partial charge in [0, 0.05) is 25.0 Å². The van der Waals surface area contributed by atoms with Gasteiger partial charge in [-0.05, 0) is 42.3 Å². The van der Waals surface area contributed by atoms with Crippen LogP contribution in [0.1, 0.15) is 23.4 Å². The molecule has 1 aliphatic heterocycles. The lowest BCUT2D eigenvalue weighted by molar-refractivity contribution is 0.0913. The van der Waals surface area contributed by atoms with Gasteiger partial charge in [0.25, 0.3) is 5.91 Å². The third kappa shape index (κ3) is 3.65. The molecule has 8 heteroatoms. The largest absolute Gasteiger partial charge is 0.459 e. The van der Waals surface area contributed by atoms with E-state index in [-0.39, 0.29) is 17.6 Å². The standard InChI is InChI=1S/C15H18N2O4S2/c18-15(14-4-2-7-21-14)16-9-12-3-1-6-17(10-12)23(19,20)13-5-8-22-11-13/h2,4-5,7-8,11-12H,1,3,6,9-10H2,(H,16,18). The molecule has 0 radical (unpaired) electrons. The zero-order valence-corrected chi connectivity index (χ0v) is 14.1. The number of nitrogens with zero attached hydrogens (tertiary/aromatic N) is 1. The summed E-state index contributed by atoms with van der Waals surface area (Å²) < 4.78 is 31.7. The van der Waals surface area contributed by atoms with Crippen LogP contribution in [0.15, 0.2) is 44.5 Å². The smallest absolute Gasteiger partial charge is 0.286 e. The molecule has 0 aromatic carbocycles. The lowest BCUT2D eigenvalue weighted by Gasteiger charge is -2.31. The van der Waals surface area contributed by atoms with Crippen molar-refractivity contribution in [3.8, 4) is 0 Å². The van der Waals surface area contributed by atoms with Crippen LogP contribution in [0.3, 0.4) is 0 Å². The zero-order valence-electron chi connectivity index (χ0n) is 12.5. The first-order valence-electron chi connectivity index (χ1n) is 7.41. The van der Waals surface area contributed by atoms with Crippen molar-refractivity contribution in [3.05, 3.63) is 41.0 Å². The Morgan fingerprint density at radius 3 is 3.00 bits per heavy atom. The van der Waals surface area contributed by atoms with Crippen LogP contribution in [0.2, 0.25) is 0 Å². The quantitative estimate of drug-likeness (QED) is 0.892. The van der Waals surface area contributed by atoms with Crippen molar-refractivity contribution in [1.29, 1.82) is 0 Å². The Balaban J connectivity index is 1.59. The highest BCUT2D eigenvalue weighted by atomic mass is 32.2. The number of amides is 1. The summed E-state index contributed by atoms with van der Waals surface area (Å²) >= 11 is 1.37. The number of carbonyl (C=O) groups excluding carboxylic acids is 1. The summed E-state index contributed by atoms with van der Waals surface area (Å²) in [7, 11) is -3.42. The van der Waals surface area contributed by atoms with E-state index in [1.807, 2.05) is 0 Å². The molecule has 23 heavy (non-hydrogen) atoms. The first-order valence-corrected chi connectivity index (χ1v) is 9.80. The number of sulfonamides is 1. The molecule has 1 fully saturated rings. The second kappa shape index (κ2) is 6.86. The van der Waals surface area contributed by atoms with Crippen molar-refractivity contribution >= 4 is 27.3 Å². The fourth-order valence-electron chi connectivity index (χ4n) is 2.69. The summed E-state index contributed by atoms with van der Waals surface area (Å²) in [6.45, 7) is 1.40. The number of hydrogen-bond acceptors (Lipinski definition) is 5. The van der Waals surface area contributed by atoms with E-state index in [1.54, 1.807) is 29.0 Å². The van der Waals surface area contributed by atoms with Crippen LogP contribution in [0.5, 0.6) is 0 Å². The van der Waals surface area contributed by atoms with E-state index in [2.05, 4.69) is 5.32 Å². The number of carbonyl (C=O) groups is 1.